The molecule has 0 unspecified atom stereocenters. The fourth-order valence-corrected chi connectivity index (χ4v) is 2.89. The van der Waals surface area contributed by atoms with E-state index >= 15 is 0 Å². The van der Waals surface area contributed by atoms with E-state index in [2.05, 4.69) is 15.1 Å². The van der Waals surface area contributed by atoms with Crippen LogP contribution in [0.2, 0.25) is 5.02 Å². The lowest BCUT2D eigenvalue weighted by molar-refractivity contribution is -0.117. The van der Waals surface area contributed by atoms with Crippen molar-refractivity contribution in [3.8, 4) is 11.4 Å². The highest BCUT2D eigenvalue weighted by Crippen LogP contribution is 2.32. The van der Waals surface area contributed by atoms with Gasteiger partial charge in [0.2, 0.25) is 17.6 Å². The number of rotatable bonds is 3. The molecule has 3 aromatic rings. The molecule has 24 heavy (non-hydrogen) atoms. The van der Waals surface area contributed by atoms with Crippen molar-refractivity contribution in [3.63, 3.8) is 0 Å². The topological polar surface area (TPSA) is 72.1 Å². The molecule has 6 nitrogen and oxygen atoms in total. The van der Waals surface area contributed by atoms with Gasteiger partial charge >= 0.3 is 0 Å². The highest BCUT2D eigenvalue weighted by Gasteiger charge is 2.35. The number of amides is 1. The molecule has 1 amide bonds. The van der Waals surface area contributed by atoms with Crippen LogP contribution in [0.1, 0.15) is 18.2 Å². The van der Waals surface area contributed by atoms with Gasteiger partial charge < -0.3 is 9.42 Å². The van der Waals surface area contributed by atoms with Crippen molar-refractivity contribution in [2.75, 3.05) is 11.4 Å². The van der Waals surface area contributed by atoms with Gasteiger partial charge in [0.1, 0.15) is 0 Å². The summed E-state index contributed by atoms with van der Waals surface area (Å²) in [5, 5.41) is 4.64. The van der Waals surface area contributed by atoms with Gasteiger partial charge in [0.15, 0.2) is 0 Å². The number of pyridine rings is 1. The molecular formula is C17H13ClN4O2. The zero-order chi connectivity index (χ0) is 16.5. The molecular weight excluding hydrogens is 328 g/mol. The Morgan fingerprint density at radius 2 is 1.88 bits per heavy atom. The highest BCUT2D eigenvalue weighted by molar-refractivity contribution is 6.30. The molecule has 0 spiro atoms. The van der Waals surface area contributed by atoms with Crippen molar-refractivity contribution in [2.45, 2.75) is 12.3 Å². The van der Waals surface area contributed by atoms with Gasteiger partial charge in [-0.2, -0.15) is 4.98 Å². The Bertz CT molecular complexity index is 864. The van der Waals surface area contributed by atoms with Crippen LogP contribution in [0.3, 0.4) is 0 Å². The van der Waals surface area contributed by atoms with Crippen LogP contribution in [0.5, 0.6) is 0 Å². The molecule has 4 rings (SSSR count). The van der Waals surface area contributed by atoms with Crippen LogP contribution in [0.4, 0.5) is 5.69 Å². The van der Waals surface area contributed by atoms with E-state index in [1.807, 2.05) is 24.3 Å². The number of carbonyl (C=O) groups is 1. The number of hydrogen-bond donors (Lipinski definition) is 0. The lowest BCUT2D eigenvalue weighted by atomic mass is 10.1. The zero-order valence-electron chi connectivity index (χ0n) is 12.6. The zero-order valence-corrected chi connectivity index (χ0v) is 13.3. The Balaban J connectivity index is 1.55. The highest BCUT2D eigenvalue weighted by atomic mass is 35.5. The van der Waals surface area contributed by atoms with Gasteiger partial charge in [-0.25, -0.2) is 0 Å². The van der Waals surface area contributed by atoms with Gasteiger partial charge in [-0.15, -0.1) is 0 Å². The SMILES string of the molecule is O=C1C[C@H](c2nc(-c3ccncc3)no2)CN1c1ccc(Cl)cc1. The Hall–Kier alpha value is -2.73. The molecule has 1 saturated heterocycles. The molecule has 1 atom stereocenters. The van der Waals surface area contributed by atoms with Crippen molar-refractivity contribution in [1.29, 1.82) is 0 Å². The van der Waals surface area contributed by atoms with E-state index in [1.165, 1.54) is 0 Å². The predicted molar refractivity (Wildman–Crippen MR) is 88.7 cm³/mol. The Kier molecular flexibility index (Phi) is 3.74. The van der Waals surface area contributed by atoms with E-state index < -0.39 is 0 Å². The van der Waals surface area contributed by atoms with Crippen LogP contribution in [0.25, 0.3) is 11.4 Å². The Morgan fingerprint density at radius 3 is 2.62 bits per heavy atom. The Labute approximate surface area is 143 Å². The molecule has 120 valence electrons. The van der Waals surface area contributed by atoms with E-state index in [1.54, 1.807) is 29.4 Å². The number of hydrogen-bond acceptors (Lipinski definition) is 5. The van der Waals surface area contributed by atoms with Crippen LogP contribution in [-0.4, -0.2) is 27.6 Å². The molecule has 1 aliphatic rings. The Morgan fingerprint density at radius 1 is 1.12 bits per heavy atom. The summed E-state index contributed by atoms with van der Waals surface area (Å²) in [4.78, 5) is 22.4. The second-order valence-corrected chi connectivity index (χ2v) is 6.01. The number of nitrogens with zero attached hydrogens (tertiary/aromatic N) is 4. The summed E-state index contributed by atoms with van der Waals surface area (Å²) < 4.78 is 5.37. The first kappa shape index (κ1) is 14.8. The molecule has 7 heteroatoms. The standard InChI is InChI=1S/C17H13ClN4O2/c18-13-1-3-14(4-2-13)22-10-12(9-15(22)23)17-20-16(21-24-17)11-5-7-19-8-6-11/h1-8,12H,9-10H2/t12-/m0/s1. The van der Waals surface area contributed by atoms with Crippen molar-refractivity contribution in [3.05, 3.63) is 59.7 Å². The predicted octanol–water partition coefficient (Wildman–Crippen LogP) is 3.31. The molecule has 1 aromatic carbocycles. The summed E-state index contributed by atoms with van der Waals surface area (Å²) in [6.45, 7) is 0.512. The summed E-state index contributed by atoms with van der Waals surface area (Å²) in [6, 6.07) is 10.8. The molecule has 0 radical (unpaired) electrons. The lowest BCUT2D eigenvalue weighted by Gasteiger charge is -2.15. The fourth-order valence-electron chi connectivity index (χ4n) is 2.76. The maximum absolute atomic E-state index is 12.3. The molecule has 0 aliphatic carbocycles. The average molecular weight is 341 g/mol. The first-order valence-corrected chi connectivity index (χ1v) is 7.88. The van der Waals surface area contributed by atoms with Gasteiger partial charge in [-0.05, 0) is 36.4 Å². The number of benzene rings is 1. The molecule has 1 fully saturated rings. The van der Waals surface area contributed by atoms with E-state index in [4.69, 9.17) is 16.1 Å². The van der Waals surface area contributed by atoms with Crippen molar-refractivity contribution in [1.82, 2.24) is 15.1 Å². The molecule has 1 aliphatic heterocycles. The van der Waals surface area contributed by atoms with Gasteiger partial charge in [-0.3, -0.25) is 9.78 Å². The van der Waals surface area contributed by atoms with Crippen molar-refractivity contribution < 1.29 is 9.32 Å². The van der Waals surface area contributed by atoms with Gasteiger partial charge in [0.25, 0.3) is 0 Å². The first-order chi connectivity index (χ1) is 11.7. The third-order valence-corrected chi connectivity index (χ3v) is 4.24. The fraction of sp³-hybridized carbons (Fsp3) is 0.176. The minimum Gasteiger partial charge on any atom is -0.339 e. The third-order valence-electron chi connectivity index (χ3n) is 3.99. The number of halogens is 1. The van der Waals surface area contributed by atoms with Gasteiger partial charge in [0.05, 0.1) is 5.92 Å². The molecule has 0 bridgehead atoms. The lowest BCUT2D eigenvalue weighted by Crippen LogP contribution is -2.24. The van der Waals surface area contributed by atoms with Crippen LogP contribution in [0, 0.1) is 0 Å². The molecule has 0 N–H and O–H groups in total. The minimum absolute atomic E-state index is 0.0333. The smallest absolute Gasteiger partial charge is 0.232 e. The number of carbonyl (C=O) groups excluding carboxylic acids is 1. The van der Waals surface area contributed by atoms with Crippen LogP contribution in [-0.2, 0) is 4.79 Å². The summed E-state index contributed by atoms with van der Waals surface area (Å²) >= 11 is 5.90. The van der Waals surface area contributed by atoms with Crippen LogP contribution in [0.15, 0.2) is 53.3 Å². The van der Waals surface area contributed by atoms with E-state index in [0.717, 1.165) is 11.3 Å². The number of aromatic nitrogens is 3. The normalized spacial score (nSPS) is 17.5. The van der Waals surface area contributed by atoms with Crippen molar-refractivity contribution in [2.24, 2.45) is 0 Å². The molecule has 0 saturated carbocycles. The second kappa shape index (κ2) is 6.05. The van der Waals surface area contributed by atoms with Gasteiger partial charge in [-0.1, -0.05) is 16.8 Å². The van der Waals surface area contributed by atoms with Gasteiger partial charge in [0, 0.05) is 41.6 Å². The quantitative estimate of drug-likeness (QED) is 0.731. The molecule has 2 aromatic heterocycles. The summed E-state index contributed by atoms with van der Waals surface area (Å²) in [5.41, 5.74) is 1.65. The van der Waals surface area contributed by atoms with E-state index in [0.29, 0.717) is 29.7 Å². The summed E-state index contributed by atoms with van der Waals surface area (Å²) in [7, 11) is 0. The minimum atomic E-state index is -0.115. The van der Waals surface area contributed by atoms with E-state index in [-0.39, 0.29) is 11.8 Å². The van der Waals surface area contributed by atoms with Crippen LogP contribution < -0.4 is 4.90 Å². The summed E-state index contributed by atoms with van der Waals surface area (Å²) in [5.74, 6) is 0.902. The second-order valence-electron chi connectivity index (χ2n) is 5.57. The van der Waals surface area contributed by atoms with E-state index in [9.17, 15) is 4.79 Å². The first-order valence-electron chi connectivity index (χ1n) is 7.50. The third kappa shape index (κ3) is 2.76. The monoisotopic (exact) mass is 340 g/mol. The van der Waals surface area contributed by atoms with Crippen LogP contribution >= 0.6 is 11.6 Å². The maximum Gasteiger partial charge on any atom is 0.232 e. The van der Waals surface area contributed by atoms with Crippen molar-refractivity contribution >= 4 is 23.2 Å². The summed E-state index contributed by atoms with van der Waals surface area (Å²) in [6.07, 6.45) is 3.69. The average Bonchev–Trinajstić information content (AvgIpc) is 3.23. The largest absolute Gasteiger partial charge is 0.339 e. The maximum atomic E-state index is 12.3. The molecule has 3 heterocycles. The number of anilines is 1.